The van der Waals surface area contributed by atoms with Gasteiger partial charge in [-0.05, 0) is 84.9 Å². The normalized spacial score (nSPS) is 57.3. The SMILES string of the molecule is CC1(C)C2CC[C@]1(C)CN(CC13CC4CC(CC1C4)C3)C2. The first-order chi connectivity index (χ1) is 9.90. The van der Waals surface area contributed by atoms with Gasteiger partial charge in [0, 0.05) is 19.6 Å². The third-order valence-electron chi connectivity index (χ3n) is 9.37. The quantitative estimate of drug-likeness (QED) is 0.719. The average molecular weight is 287 g/mol. The zero-order valence-corrected chi connectivity index (χ0v) is 14.3. The van der Waals surface area contributed by atoms with Crippen molar-refractivity contribution in [2.45, 2.75) is 65.7 Å². The maximum absolute atomic E-state index is 2.94. The van der Waals surface area contributed by atoms with Gasteiger partial charge >= 0.3 is 0 Å². The van der Waals surface area contributed by atoms with Gasteiger partial charge in [0.2, 0.25) is 0 Å². The van der Waals surface area contributed by atoms with Gasteiger partial charge in [-0.15, -0.1) is 0 Å². The lowest BCUT2D eigenvalue weighted by Crippen LogP contribution is -2.54. The summed E-state index contributed by atoms with van der Waals surface area (Å²) in [6.07, 6.45) is 10.9. The van der Waals surface area contributed by atoms with Crippen LogP contribution in [0.15, 0.2) is 0 Å². The van der Waals surface area contributed by atoms with E-state index >= 15 is 0 Å². The van der Waals surface area contributed by atoms with Crippen molar-refractivity contribution in [2.24, 2.45) is 39.9 Å². The first-order valence-electron chi connectivity index (χ1n) is 9.63. The number of rotatable bonds is 2. The minimum absolute atomic E-state index is 0.577. The fourth-order valence-electron chi connectivity index (χ4n) is 7.93. The highest BCUT2D eigenvalue weighted by atomic mass is 15.2. The van der Waals surface area contributed by atoms with Crippen LogP contribution in [0.4, 0.5) is 0 Å². The largest absolute Gasteiger partial charge is 0.302 e. The predicted octanol–water partition coefficient (Wildman–Crippen LogP) is 4.57. The Morgan fingerprint density at radius 3 is 2.33 bits per heavy atom. The van der Waals surface area contributed by atoms with Crippen LogP contribution in [0.3, 0.4) is 0 Å². The van der Waals surface area contributed by atoms with Crippen LogP contribution in [0.5, 0.6) is 0 Å². The van der Waals surface area contributed by atoms with E-state index in [1.807, 2.05) is 0 Å². The van der Waals surface area contributed by atoms with Crippen LogP contribution >= 0.6 is 0 Å². The number of hydrogen-bond acceptors (Lipinski definition) is 1. The molecule has 1 heteroatoms. The molecule has 0 aromatic heterocycles. The van der Waals surface area contributed by atoms with Crippen LogP contribution in [-0.2, 0) is 0 Å². The highest BCUT2D eigenvalue weighted by molar-refractivity contribution is 5.11. The van der Waals surface area contributed by atoms with Gasteiger partial charge in [-0.1, -0.05) is 20.8 Å². The number of fused-ring (bicyclic) bond motifs is 2. The summed E-state index contributed by atoms with van der Waals surface area (Å²) in [6, 6.07) is 0. The van der Waals surface area contributed by atoms with Crippen molar-refractivity contribution < 1.29 is 0 Å². The predicted molar refractivity (Wildman–Crippen MR) is 87.0 cm³/mol. The smallest absolute Gasteiger partial charge is 0.00412 e. The van der Waals surface area contributed by atoms with Crippen molar-refractivity contribution in [1.29, 1.82) is 0 Å². The van der Waals surface area contributed by atoms with Gasteiger partial charge < -0.3 is 4.90 Å². The molecule has 4 atom stereocenters. The average Bonchev–Trinajstić information content (AvgIpc) is 2.79. The molecule has 0 N–H and O–H groups in total. The molecule has 6 aliphatic rings. The Bertz CT molecular complexity index is 452. The Balaban J connectivity index is 1.37. The van der Waals surface area contributed by atoms with E-state index in [0.717, 1.165) is 29.1 Å². The third kappa shape index (κ3) is 1.62. The second kappa shape index (κ2) is 3.89. The molecule has 6 bridgehead atoms. The van der Waals surface area contributed by atoms with Gasteiger partial charge in [0.15, 0.2) is 0 Å². The zero-order chi connectivity index (χ0) is 14.5. The minimum Gasteiger partial charge on any atom is -0.302 e. The molecular weight excluding hydrogens is 254 g/mol. The van der Waals surface area contributed by atoms with E-state index in [0.29, 0.717) is 10.8 Å². The molecule has 21 heavy (non-hydrogen) atoms. The van der Waals surface area contributed by atoms with E-state index in [1.54, 1.807) is 32.1 Å². The van der Waals surface area contributed by atoms with Crippen molar-refractivity contribution in [3.63, 3.8) is 0 Å². The van der Waals surface area contributed by atoms with E-state index in [9.17, 15) is 0 Å². The summed E-state index contributed by atoms with van der Waals surface area (Å²) in [6.45, 7) is 12.0. The topological polar surface area (TPSA) is 3.24 Å². The van der Waals surface area contributed by atoms with Crippen LogP contribution in [0.1, 0.15) is 65.7 Å². The monoisotopic (exact) mass is 287 g/mol. The molecule has 0 aromatic carbocycles. The molecule has 0 radical (unpaired) electrons. The van der Waals surface area contributed by atoms with E-state index < -0.39 is 0 Å². The van der Waals surface area contributed by atoms with Crippen LogP contribution in [-0.4, -0.2) is 24.5 Å². The Labute approximate surface area is 130 Å². The summed E-state index contributed by atoms with van der Waals surface area (Å²) in [5.74, 6) is 4.32. The molecule has 0 amide bonds. The summed E-state index contributed by atoms with van der Waals surface area (Å²) in [4.78, 5) is 2.94. The fourth-order valence-corrected chi connectivity index (χ4v) is 7.93. The van der Waals surface area contributed by atoms with Gasteiger partial charge in [0.1, 0.15) is 0 Å². The van der Waals surface area contributed by atoms with Crippen LogP contribution in [0, 0.1) is 39.9 Å². The van der Waals surface area contributed by atoms with Crippen LogP contribution < -0.4 is 0 Å². The fraction of sp³-hybridized carbons (Fsp3) is 1.00. The maximum atomic E-state index is 2.94. The Hall–Kier alpha value is -0.0400. The molecule has 1 nitrogen and oxygen atoms in total. The highest BCUT2D eigenvalue weighted by Crippen LogP contribution is 2.66. The van der Waals surface area contributed by atoms with E-state index in [-0.39, 0.29) is 0 Å². The van der Waals surface area contributed by atoms with Crippen molar-refractivity contribution in [2.75, 3.05) is 19.6 Å². The van der Waals surface area contributed by atoms with Gasteiger partial charge in [0.25, 0.3) is 0 Å². The summed E-state index contributed by atoms with van der Waals surface area (Å²) in [5.41, 5.74) is 1.93. The summed E-state index contributed by atoms with van der Waals surface area (Å²) >= 11 is 0. The first kappa shape index (κ1) is 13.4. The maximum Gasteiger partial charge on any atom is 0.00412 e. The standard InChI is InChI=1S/C20H33N/c1-18(2)16-4-5-19(18,3)12-21(11-16)13-20-9-14-6-15(10-20)8-17(20)7-14/h14-17H,4-13H2,1-3H3/t14?,15?,16?,17?,19-,20?/m1/s1. The lowest BCUT2D eigenvalue weighted by Gasteiger charge is -2.52. The van der Waals surface area contributed by atoms with E-state index in [4.69, 9.17) is 0 Å². The zero-order valence-electron chi connectivity index (χ0n) is 14.3. The second-order valence-corrected chi connectivity index (χ2v) is 10.6. The molecule has 1 heterocycles. The number of likely N-dealkylation sites (tertiary alicyclic amines) is 1. The highest BCUT2D eigenvalue weighted by Gasteiger charge is 2.60. The van der Waals surface area contributed by atoms with Crippen molar-refractivity contribution >= 4 is 0 Å². The molecule has 3 unspecified atom stereocenters. The molecule has 5 aliphatic carbocycles. The van der Waals surface area contributed by atoms with Gasteiger partial charge in [0.05, 0.1) is 0 Å². The molecular formula is C20H33N. The van der Waals surface area contributed by atoms with Crippen molar-refractivity contribution in [1.82, 2.24) is 4.90 Å². The van der Waals surface area contributed by atoms with E-state index in [1.165, 1.54) is 32.5 Å². The van der Waals surface area contributed by atoms with E-state index in [2.05, 4.69) is 25.7 Å². The summed E-state index contributed by atoms with van der Waals surface area (Å²) in [7, 11) is 0. The lowest BCUT2D eigenvalue weighted by atomic mass is 9.63. The van der Waals surface area contributed by atoms with Crippen LogP contribution in [0.25, 0.3) is 0 Å². The third-order valence-corrected chi connectivity index (χ3v) is 9.37. The van der Waals surface area contributed by atoms with Crippen molar-refractivity contribution in [3.05, 3.63) is 0 Å². The van der Waals surface area contributed by atoms with Crippen LogP contribution in [0.2, 0.25) is 0 Å². The summed E-state index contributed by atoms with van der Waals surface area (Å²) in [5, 5.41) is 0. The number of nitrogens with zero attached hydrogens (tertiary/aromatic N) is 1. The summed E-state index contributed by atoms with van der Waals surface area (Å²) < 4.78 is 0. The molecule has 0 aromatic rings. The van der Waals surface area contributed by atoms with Gasteiger partial charge in [-0.2, -0.15) is 0 Å². The minimum atomic E-state index is 0.577. The number of piperidine rings is 1. The molecule has 6 fully saturated rings. The van der Waals surface area contributed by atoms with Crippen molar-refractivity contribution in [3.8, 4) is 0 Å². The second-order valence-electron chi connectivity index (χ2n) is 10.6. The number of hydrogen-bond donors (Lipinski definition) is 0. The molecule has 0 spiro atoms. The first-order valence-corrected chi connectivity index (χ1v) is 9.63. The lowest BCUT2D eigenvalue weighted by molar-refractivity contribution is -0.0384. The molecule has 5 saturated carbocycles. The van der Waals surface area contributed by atoms with Gasteiger partial charge in [-0.3, -0.25) is 0 Å². The Morgan fingerprint density at radius 1 is 0.952 bits per heavy atom. The Morgan fingerprint density at radius 2 is 1.67 bits per heavy atom. The molecule has 1 aliphatic heterocycles. The van der Waals surface area contributed by atoms with Gasteiger partial charge in [-0.25, -0.2) is 0 Å². The molecule has 1 saturated heterocycles. The molecule has 118 valence electrons. The molecule has 6 rings (SSSR count). The Kier molecular flexibility index (Phi) is 2.48.